The molecule has 0 radical (unpaired) electrons. The lowest BCUT2D eigenvalue weighted by Gasteiger charge is -2.62. The smallest absolute Gasteiger partial charge is 0.205 e. The molecule has 7 unspecified atom stereocenters. The van der Waals surface area contributed by atoms with E-state index in [0.717, 1.165) is 38.5 Å². The Morgan fingerprint density at radius 3 is 2.39 bits per heavy atom. The van der Waals surface area contributed by atoms with Crippen molar-refractivity contribution in [3.8, 4) is 0 Å². The molecular weight excluding hydrogens is 399 g/mol. The highest BCUT2D eigenvalue weighted by molar-refractivity contribution is 5.24. The van der Waals surface area contributed by atoms with E-state index in [1.807, 2.05) is 6.26 Å². The Bertz CT molecular complexity index is 757. The topological polar surface area (TPSA) is 46.2 Å². The highest BCUT2D eigenvalue weighted by Crippen LogP contribution is 2.71. The monoisotopic (exact) mass is 436 g/mol. The highest BCUT2D eigenvalue weighted by atomic mass is 19.1. The molecule has 4 aliphatic carbocycles. The molecule has 174 valence electrons. The van der Waals surface area contributed by atoms with Crippen LogP contribution in [0.4, 0.5) is 4.39 Å². The zero-order valence-electron chi connectivity index (χ0n) is 19.2. The summed E-state index contributed by atoms with van der Waals surface area (Å²) in [6.07, 6.45) is 7.48. The van der Waals surface area contributed by atoms with Gasteiger partial charge in [-0.15, -0.1) is 0 Å². The Morgan fingerprint density at radius 2 is 1.68 bits per heavy atom. The molecule has 6 rings (SSSR count). The maximum Gasteiger partial charge on any atom is 0.205 e. The summed E-state index contributed by atoms with van der Waals surface area (Å²) < 4.78 is 45.5. The lowest BCUT2D eigenvalue weighted by Crippen LogP contribution is -2.59. The summed E-state index contributed by atoms with van der Waals surface area (Å²) >= 11 is 0. The van der Waals surface area contributed by atoms with Crippen LogP contribution in [0.3, 0.4) is 0 Å². The standard InChI is InChI=1S/C25H37FO5/c1-22-6-7-24(28-8-9-29-24)14-20(22)16(15-27-3)12-17-18(22)4-5-23(2)19(17)13-21(26)25(23)30-10-11-31-25/h15,17-21H,4-14H2,1-3H3. The molecular formula is C25H37FO5. The Balaban J connectivity index is 1.36. The summed E-state index contributed by atoms with van der Waals surface area (Å²) in [6, 6.07) is 0. The summed E-state index contributed by atoms with van der Waals surface area (Å²) in [7, 11) is 1.74. The van der Waals surface area contributed by atoms with Crippen molar-refractivity contribution in [2.45, 2.75) is 76.5 Å². The number of hydrogen-bond acceptors (Lipinski definition) is 5. The summed E-state index contributed by atoms with van der Waals surface area (Å²) in [5.41, 5.74) is 1.26. The number of fused-ring (bicyclic) bond motifs is 6. The van der Waals surface area contributed by atoms with E-state index in [1.54, 1.807) is 7.11 Å². The van der Waals surface area contributed by atoms with Crippen LogP contribution in [0.25, 0.3) is 0 Å². The van der Waals surface area contributed by atoms with Crippen molar-refractivity contribution in [3.63, 3.8) is 0 Å². The van der Waals surface area contributed by atoms with Gasteiger partial charge in [-0.05, 0) is 66.8 Å². The van der Waals surface area contributed by atoms with E-state index in [9.17, 15) is 0 Å². The zero-order chi connectivity index (χ0) is 21.5. The predicted octanol–water partition coefficient (Wildman–Crippen LogP) is 4.60. The number of alkyl halides is 1. The van der Waals surface area contributed by atoms with Crippen LogP contribution >= 0.6 is 0 Å². The molecule has 6 fully saturated rings. The van der Waals surface area contributed by atoms with Crippen molar-refractivity contribution >= 4 is 0 Å². The molecule has 0 aromatic rings. The van der Waals surface area contributed by atoms with Crippen molar-refractivity contribution in [3.05, 3.63) is 11.8 Å². The van der Waals surface area contributed by atoms with Gasteiger partial charge in [0.1, 0.15) is 0 Å². The average Bonchev–Trinajstić information content (AvgIpc) is 3.47. The highest BCUT2D eigenvalue weighted by Gasteiger charge is 2.72. The number of allylic oxidation sites excluding steroid dienone is 1. The normalized spacial score (nSPS) is 51.1. The fourth-order valence-corrected chi connectivity index (χ4v) is 8.99. The average molecular weight is 437 g/mol. The van der Waals surface area contributed by atoms with Crippen molar-refractivity contribution in [2.24, 2.45) is 34.5 Å². The molecule has 2 aliphatic heterocycles. The van der Waals surface area contributed by atoms with Gasteiger partial charge in [-0.2, -0.15) is 0 Å². The third-order valence-electron chi connectivity index (χ3n) is 10.4. The molecule has 5 nitrogen and oxygen atoms in total. The molecule has 7 atom stereocenters. The molecule has 2 heterocycles. The lowest BCUT2D eigenvalue weighted by atomic mass is 9.43. The molecule has 0 amide bonds. The molecule has 6 heteroatoms. The van der Waals surface area contributed by atoms with Gasteiger partial charge in [0.2, 0.25) is 5.79 Å². The summed E-state index contributed by atoms with van der Waals surface area (Å²) in [5, 5.41) is 0. The van der Waals surface area contributed by atoms with Gasteiger partial charge in [-0.1, -0.05) is 13.8 Å². The first kappa shape index (κ1) is 20.9. The minimum Gasteiger partial charge on any atom is -0.504 e. The van der Waals surface area contributed by atoms with E-state index in [1.165, 1.54) is 5.57 Å². The molecule has 0 N–H and O–H groups in total. The second-order valence-corrected chi connectivity index (χ2v) is 11.4. The fourth-order valence-electron chi connectivity index (χ4n) is 8.99. The third kappa shape index (κ3) is 2.62. The van der Waals surface area contributed by atoms with Crippen molar-refractivity contribution < 1.29 is 28.1 Å². The van der Waals surface area contributed by atoms with E-state index < -0.39 is 17.7 Å². The summed E-state index contributed by atoms with van der Waals surface area (Å²) in [5.74, 6) is 0.222. The van der Waals surface area contributed by atoms with Crippen LogP contribution in [0.2, 0.25) is 0 Å². The molecule has 0 aromatic heterocycles. The maximum absolute atomic E-state index is 15.5. The number of methoxy groups -OCH3 is 1. The minimum atomic E-state index is -1.04. The van der Waals surface area contributed by atoms with Crippen LogP contribution in [0.1, 0.15) is 58.8 Å². The van der Waals surface area contributed by atoms with Gasteiger partial charge in [0.25, 0.3) is 0 Å². The Labute approximate surface area is 185 Å². The molecule has 4 saturated carbocycles. The molecule has 2 spiro atoms. The van der Waals surface area contributed by atoms with E-state index in [-0.39, 0.29) is 16.7 Å². The van der Waals surface area contributed by atoms with Crippen LogP contribution in [0, 0.1) is 34.5 Å². The first-order valence-corrected chi connectivity index (χ1v) is 12.3. The molecule has 0 aromatic carbocycles. The van der Waals surface area contributed by atoms with Crippen LogP contribution in [-0.4, -0.2) is 51.3 Å². The van der Waals surface area contributed by atoms with Crippen LogP contribution in [0.15, 0.2) is 11.8 Å². The molecule has 6 aliphatic rings. The number of ether oxygens (including phenoxy) is 5. The predicted molar refractivity (Wildman–Crippen MR) is 112 cm³/mol. The van der Waals surface area contributed by atoms with Crippen LogP contribution in [-0.2, 0) is 23.7 Å². The maximum atomic E-state index is 15.5. The molecule has 31 heavy (non-hydrogen) atoms. The lowest BCUT2D eigenvalue weighted by molar-refractivity contribution is -0.268. The van der Waals surface area contributed by atoms with Gasteiger partial charge >= 0.3 is 0 Å². The summed E-state index contributed by atoms with van der Waals surface area (Å²) in [4.78, 5) is 0. The quantitative estimate of drug-likeness (QED) is 0.562. The first-order valence-electron chi connectivity index (χ1n) is 12.3. The van der Waals surface area contributed by atoms with E-state index in [2.05, 4.69) is 13.8 Å². The summed E-state index contributed by atoms with van der Waals surface area (Å²) in [6.45, 7) is 7.12. The van der Waals surface area contributed by atoms with Crippen LogP contribution in [0.5, 0.6) is 0 Å². The van der Waals surface area contributed by atoms with Gasteiger partial charge in [0, 0.05) is 18.3 Å². The van der Waals surface area contributed by atoms with Gasteiger partial charge in [-0.25, -0.2) is 4.39 Å². The van der Waals surface area contributed by atoms with E-state index in [4.69, 9.17) is 23.7 Å². The zero-order valence-corrected chi connectivity index (χ0v) is 19.2. The van der Waals surface area contributed by atoms with Crippen molar-refractivity contribution in [1.82, 2.24) is 0 Å². The number of halogens is 1. The molecule has 0 bridgehead atoms. The first-order chi connectivity index (χ1) is 14.9. The van der Waals surface area contributed by atoms with E-state index in [0.29, 0.717) is 50.6 Å². The van der Waals surface area contributed by atoms with Gasteiger partial charge in [0.15, 0.2) is 12.0 Å². The Morgan fingerprint density at radius 1 is 0.968 bits per heavy atom. The van der Waals surface area contributed by atoms with E-state index >= 15 is 4.39 Å². The van der Waals surface area contributed by atoms with Crippen molar-refractivity contribution in [2.75, 3.05) is 33.5 Å². The minimum absolute atomic E-state index is 0.161. The molecule has 2 saturated heterocycles. The van der Waals surface area contributed by atoms with Gasteiger partial charge in [-0.3, -0.25) is 0 Å². The van der Waals surface area contributed by atoms with Gasteiger partial charge < -0.3 is 23.7 Å². The second-order valence-electron chi connectivity index (χ2n) is 11.4. The van der Waals surface area contributed by atoms with Crippen molar-refractivity contribution in [1.29, 1.82) is 0 Å². The Hall–Kier alpha value is -0.690. The largest absolute Gasteiger partial charge is 0.504 e. The third-order valence-corrected chi connectivity index (χ3v) is 10.4. The number of rotatable bonds is 1. The number of hydrogen-bond donors (Lipinski definition) is 0. The SMILES string of the molecule is COC=C1CC2C(CCC3(C)C2CC(F)C32OCCO2)C2(C)CCC3(CC12)OCCO3. The van der Waals surface area contributed by atoms with Crippen LogP contribution < -0.4 is 0 Å². The second kappa shape index (κ2) is 6.91. The Kier molecular flexibility index (Phi) is 4.65. The van der Waals surface area contributed by atoms with Gasteiger partial charge in [0.05, 0.1) is 39.8 Å². The fraction of sp³-hybridized carbons (Fsp3) is 0.920.